The van der Waals surface area contributed by atoms with Crippen LogP contribution in [0.4, 0.5) is 17.3 Å². The molecule has 0 aliphatic carbocycles. The average Bonchev–Trinajstić information content (AvgIpc) is 2.19. The van der Waals surface area contributed by atoms with Crippen molar-refractivity contribution in [3.63, 3.8) is 0 Å². The number of methoxy groups -OCH3 is 1. The van der Waals surface area contributed by atoms with Crippen molar-refractivity contribution in [1.29, 1.82) is 0 Å². The molecule has 1 rings (SSSR count). The van der Waals surface area contributed by atoms with Crippen molar-refractivity contribution in [2.75, 3.05) is 13.7 Å². The van der Waals surface area contributed by atoms with Crippen molar-refractivity contribution in [2.24, 2.45) is 0 Å². The highest BCUT2D eigenvalue weighted by Gasteiger charge is 2.30. The molecular weight excluding hydrogens is 239 g/mol. The Balaban J connectivity index is 2.99. The van der Waals surface area contributed by atoms with E-state index in [9.17, 15) is 17.3 Å². The van der Waals surface area contributed by atoms with E-state index in [1.807, 2.05) is 0 Å². The first-order chi connectivity index (χ1) is 7.84. The molecule has 0 fully saturated rings. The minimum Gasteiger partial charge on any atom is -0.491 e. The van der Waals surface area contributed by atoms with Gasteiger partial charge in [-0.25, -0.2) is 4.39 Å². The molecule has 7 heteroatoms. The first-order valence-corrected chi connectivity index (χ1v) is 4.99. The van der Waals surface area contributed by atoms with E-state index in [-0.39, 0.29) is 12.4 Å². The fraction of sp³-hybridized carbons (Fsp3) is 0.400. The topological polar surface area (TPSA) is 18.5 Å². The molecule has 0 aliphatic rings. The van der Waals surface area contributed by atoms with Crippen LogP contribution >= 0.6 is 0 Å². The van der Waals surface area contributed by atoms with Crippen LogP contribution in [0.15, 0.2) is 18.2 Å². The lowest BCUT2D eigenvalue weighted by molar-refractivity contribution is 0.0925. The van der Waals surface area contributed by atoms with Crippen molar-refractivity contribution in [3.8, 4) is 5.75 Å². The van der Waals surface area contributed by atoms with E-state index >= 15 is 0 Å². The summed E-state index contributed by atoms with van der Waals surface area (Å²) in [7, 11) is 1.42. The van der Waals surface area contributed by atoms with Gasteiger partial charge in [0.15, 0.2) is 0 Å². The lowest BCUT2D eigenvalue weighted by atomic mass is 9.79. The van der Waals surface area contributed by atoms with E-state index in [0.717, 1.165) is 12.1 Å². The van der Waals surface area contributed by atoms with Crippen LogP contribution in [0.5, 0.6) is 5.75 Å². The van der Waals surface area contributed by atoms with E-state index in [1.165, 1.54) is 7.11 Å². The second-order valence-electron chi connectivity index (χ2n) is 3.64. The van der Waals surface area contributed by atoms with Crippen molar-refractivity contribution in [2.45, 2.75) is 13.0 Å². The molecule has 17 heavy (non-hydrogen) atoms. The summed E-state index contributed by atoms with van der Waals surface area (Å²) in [5, 5.41) is 0. The number of hydrogen-bond acceptors (Lipinski definition) is 2. The summed E-state index contributed by atoms with van der Waals surface area (Å²) in [6.45, 7) is -3.58. The molecule has 1 aromatic rings. The molecule has 96 valence electrons. The average molecular weight is 251 g/mol. The summed E-state index contributed by atoms with van der Waals surface area (Å²) in [4.78, 5) is 0. The van der Waals surface area contributed by atoms with Crippen molar-refractivity contribution < 1.29 is 26.8 Å². The van der Waals surface area contributed by atoms with E-state index < -0.39 is 24.4 Å². The third-order valence-corrected chi connectivity index (χ3v) is 2.05. The lowest BCUT2D eigenvalue weighted by Gasteiger charge is -2.22. The molecule has 0 N–H and O–H groups in total. The highest BCUT2D eigenvalue weighted by Crippen LogP contribution is 2.19. The molecule has 1 atom stereocenters. The first kappa shape index (κ1) is 13.8. The molecule has 1 aromatic carbocycles. The van der Waals surface area contributed by atoms with E-state index in [1.54, 1.807) is 6.92 Å². The quantitative estimate of drug-likeness (QED) is 0.590. The summed E-state index contributed by atoms with van der Waals surface area (Å²) < 4.78 is 60.6. The maximum atomic E-state index is 12.8. The number of halogens is 4. The Morgan fingerprint density at radius 1 is 1.29 bits per heavy atom. The summed E-state index contributed by atoms with van der Waals surface area (Å²) in [5.74, 6) is -1.31. The third kappa shape index (κ3) is 3.92. The van der Waals surface area contributed by atoms with Crippen LogP contribution in [-0.4, -0.2) is 26.8 Å². The Bertz CT molecular complexity index is 381. The van der Waals surface area contributed by atoms with Crippen LogP contribution in [0.3, 0.4) is 0 Å². The van der Waals surface area contributed by atoms with Gasteiger partial charge < -0.3 is 22.4 Å². The Morgan fingerprint density at radius 2 is 1.94 bits per heavy atom. The van der Waals surface area contributed by atoms with Crippen LogP contribution in [0.2, 0.25) is 0 Å². The Kier molecular flexibility index (Phi) is 4.39. The fourth-order valence-corrected chi connectivity index (χ4v) is 1.37. The second kappa shape index (κ2) is 5.40. The molecule has 2 nitrogen and oxygen atoms in total. The van der Waals surface area contributed by atoms with Crippen molar-refractivity contribution >= 4 is 12.4 Å². The molecular formula is C10H12BF4O2-. The van der Waals surface area contributed by atoms with Gasteiger partial charge in [0.1, 0.15) is 11.9 Å². The molecule has 0 radical (unpaired) electrons. The number of rotatable bonds is 5. The number of benzene rings is 1. The smallest absolute Gasteiger partial charge is 0.491 e. The van der Waals surface area contributed by atoms with Gasteiger partial charge in [0, 0.05) is 7.11 Å². The highest BCUT2D eigenvalue weighted by molar-refractivity contribution is 6.74. The lowest BCUT2D eigenvalue weighted by Crippen LogP contribution is -2.37. The maximum absolute atomic E-state index is 12.8. The number of hydrogen-bond donors (Lipinski definition) is 0. The molecule has 0 bridgehead atoms. The zero-order chi connectivity index (χ0) is 13.1. The predicted molar refractivity (Wildman–Crippen MR) is 57.1 cm³/mol. The van der Waals surface area contributed by atoms with Crippen LogP contribution < -0.4 is 10.2 Å². The van der Waals surface area contributed by atoms with Gasteiger partial charge >= 0.3 is 6.98 Å². The predicted octanol–water partition coefficient (Wildman–Crippen LogP) is 2.29. The standard InChI is InChI=1S/C10H12BF4O2/c1-7(6-16-2)17-10-4-3-8(12)5-9(10)11(13,14)15/h3-5,7H,6H2,1-2H3/q-1. The van der Waals surface area contributed by atoms with Crippen molar-refractivity contribution in [3.05, 3.63) is 24.0 Å². The molecule has 0 spiro atoms. The summed E-state index contributed by atoms with van der Waals surface area (Å²) in [6, 6.07) is 2.35. The van der Waals surface area contributed by atoms with Crippen LogP contribution in [-0.2, 0) is 4.74 Å². The van der Waals surface area contributed by atoms with Gasteiger partial charge in [-0.05, 0) is 25.1 Å². The van der Waals surface area contributed by atoms with Gasteiger partial charge in [0.25, 0.3) is 0 Å². The fourth-order valence-electron chi connectivity index (χ4n) is 1.37. The zero-order valence-corrected chi connectivity index (χ0v) is 9.42. The monoisotopic (exact) mass is 251 g/mol. The van der Waals surface area contributed by atoms with Crippen LogP contribution in [0.25, 0.3) is 0 Å². The third-order valence-electron chi connectivity index (χ3n) is 2.05. The largest absolute Gasteiger partial charge is 0.513 e. The summed E-state index contributed by atoms with van der Waals surface area (Å²) in [5.41, 5.74) is -1.06. The second-order valence-corrected chi connectivity index (χ2v) is 3.64. The van der Waals surface area contributed by atoms with Gasteiger partial charge in [-0.15, -0.1) is 0 Å². The summed E-state index contributed by atoms with van der Waals surface area (Å²) >= 11 is 0. The molecule has 0 saturated carbocycles. The molecule has 1 unspecified atom stereocenters. The maximum Gasteiger partial charge on any atom is 0.513 e. The Hall–Kier alpha value is -1.24. The van der Waals surface area contributed by atoms with Gasteiger partial charge in [-0.2, -0.15) is 0 Å². The molecule has 0 heterocycles. The van der Waals surface area contributed by atoms with E-state index in [0.29, 0.717) is 6.07 Å². The molecule has 0 aromatic heterocycles. The van der Waals surface area contributed by atoms with Crippen molar-refractivity contribution in [1.82, 2.24) is 0 Å². The Morgan fingerprint density at radius 3 is 2.47 bits per heavy atom. The van der Waals surface area contributed by atoms with Gasteiger partial charge in [-0.1, -0.05) is 5.46 Å². The minimum absolute atomic E-state index is 0.154. The van der Waals surface area contributed by atoms with Gasteiger partial charge in [0.2, 0.25) is 0 Å². The van der Waals surface area contributed by atoms with Crippen LogP contribution in [0, 0.1) is 5.82 Å². The molecule has 0 aliphatic heterocycles. The first-order valence-electron chi connectivity index (χ1n) is 4.99. The van der Waals surface area contributed by atoms with Crippen LogP contribution in [0.1, 0.15) is 6.92 Å². The minimum atomic E-state index is -5.30. The normalized spacial score (nSPS) is 13.5. The van der Waals surface area contributed by atoms with Gasteiger partial charge in [0.05, 0.1) is 12.4 Å². The molecule has 0 saturated heterocycles. The van der Waals surface area contributed by atoms with E-state index in [4.69, 9.17) is 9.47 Å². The number of ether oxygens (including phenoxy) is 2. The SMILES string of the molecule is COCC(C)Oc1ccc(F)cc1[B-](F)(F)F. The summed E-state index contributed by atoms with van der Waals surface area (Å²) in [6.07, 6.45) is -0.539. The molecule has 0 amide bonds. The highest BCUT2D eigenvalue weighted by atomic mass is 19.4. The zero-order valence-electron chi connectivity index (χ0n) is 9.42. The Labute approximate surface area is 96.6 Å². The van der Waals surface area contributed by atoms with E-state index in [2.05, 4.69) is 0 Å². The van der Waals surface area contributed by atoms with Gasteiger partial charge in [-0.3, -0.25) is 0 Å².